The fourth-order valence-corrected chi connectivity index (χ4v) is 1.34. The Kier molecular flexibility index (Phi) is 6.36. The van der Waals surface area contributed by atoms with Crippen LogP contribution in [0, 0.1) is 5.92 Å². The second kappa shape index (κ2) is 8.04. The summed E-state index contributed by atoms with van der Waals surface area (Å²) in [5.41, 5.74) is 4.80. The molecule has 0 fully saturated rings. The summed E-state index contributed by atoms with van der Waals surface area (Å²) in [7, 11) is 0. The van der Waals surface area contributed by atoms with E-state index in [1.165, 1.54) is 0 Å². The van der Waals surface area contributed by atoms with Crippen LogP contribution < -0.4 is 15.6 Å². The molecule has 1 aromatic carbocycles. The van der Waals surface area contributed by atoms with Crippen LogP contribution in [-0.2, 0) is 4.74 Å². The quantitative estimate of drug-likeness (QED) is 0.810. The van der Waals surface area contributed by atoms with Crippen molar-refractivity contribution < 1.29 is 19.1 Å². The molecule has 0 aliphatic rings. The minimum absolute atomic E-state index is 0.236. The van der Waals surface area contributed by atoms with Crippen molar-refractivity contribution in [2.24, 2.45) is 5.92 Å². The van der Waals surface area contributed by atoms with Crippen molar-refractivity contribution in [1.82, 2.24) is 10.9 Å². The highest BCUT2D eigenvalue weighted by molar-refractivity contribution is 5.95. The number of benzene rings is 1. The van der Waals surface area contributed by atoms with E-state index in [-0.39, 0.29) is 6.61 Å². The van der Waals surface area contributed by atoms with Gasteiger partial charge in [0.2, 0.25) is 0 Å². The molecule has 2 amide bonds. The number of hydrogen-bond acceptors (Lipinski definition) is 4. The van der Waals surface area contributed by atoms with E-state index < -0.39 is 12.0 Å². The maximum absolute atomic E-state index is 11.8. The molecule has 0 unspecified atom stereocenters. The summed E-state index contributed by atoms with van der Waals surface area (Å²) in [6, 6.07) is 6.74. The first-order valence-corrected chi connectivity index (χ1v) is 6.49. The predicted octanol–water partition coefficient (Wildman–Crippen LogP) is 2.11. The van der Waals surface area contributed by atoms with E-state index >= 15 is 0 Å². The number of carbonyl (C=O) groups is 2. The lowest BCUT2D eigenvalue weighted by molar-refractivity contribution is 0.0912. The minimum atomic E-state index is -0.701. The fourth-order valence-electron chi connectivity index (χ4n) is 1.34. The molecule has 0 atom stereocenters. The van der Waals surface area contributed by atoms with Crippen LogP contribution in [0.25, 0.3) is 0 Å². The number of ether oxygens (including phenoxy) is 2. The number of hydrazine groups is 1. The summed E-state index contributed by atoms with van der Waals surface area (Å²) >= 11 is 0. The summed E-state index contributed by atoms with van der Waals surface area (Å²) in [6.45, 7) is 6.57. The summed E-state index contributed by atoms with van der Waals surface area (Å²) < 4.78 is 10.2. The van der Waals surface area contributed by atoms with Crippen LogP contribution in [0.3, 0.4) is 0 Å². The molecule has 0 aliphatic heterocycles. The summed E-state index contributed by atoms with van der Waals surface area (Å²) in [5, 5.41) is 0. The lowest BCUT2D eigenvalue weighted by Gasteiger charge is -2.10. The van der Waals surface area contributed by atoms with Crippen LogP contribution in [0.5, 0.6) is 5.75 Å². The number of hydrogen-bond donors (Lipinski definition) is 2. The largest absolute Gasteiger partial charge is 0.493 e. The topological polar surface area (TPSA) is 76.7 Å². The van der Waals surface area contributed by atoms with E-state index in [2.05, 4.69) is 15.6 Å². The zero-order valence-electron chi connectivity index (χ0n) is 11.9. The molecule has 0 aliphatic carbocycles. The zero-order chi connectivity index (χ0) is 15.0. The van der Waals surface area contributed by atoms with Gasteiger partial charge in [0.15, 0.2) is 0 Å². The highest BCUT2D eigenvalue weighted by Gasteiger charge is 2.08. The molecule has 1 rings (SSSR count). The Labute approximate surface area is 118 Å². The standard InChI is InChI=1S/C14H20N2O4/c1-4-19-14(18)16-15-13(17)11-6-5-7-12(8-11)20-9-10(2)3/h5-8,10H,4,9H2,1-3H3,(H,15,17)(H,16,18). The number of carbonyl (C=O) groups excluding carboxylic acids is 2. The number of nitrogens with one attached hydrogen (secondary N) is 2. The molecule has 2 N–H and O–H groups in total. The number of amides is 2. The van der Waals surface area contributed by atoms with E-state index in [0.29, 0.717) is 23.8 Å². The third kappa shape index (κ3) is 5.60. The van der Waals surface area contributed by atoms with E-state index in [9.17, 15) is 9.59 Å². The Morgan fingerprint density at radius 2 is 2.00 bits per heavy atom. The minimum Gasteiger partial charge on any atom is -0.493 e. The van der Waals surface area contributed by atoms with Gasteiger partial charge in [-0.05, 0) is 31.0 Å². The third-order valence-electron chi connectivity index (χ3n) is 2.23. The highest BCUT2D eigenvalue weighted by atomic mass is 16.6. The highest BCUT2D eigenvalue weighted by Crippen LogP contribution is 2.14. The van der Waals surface area contributed by atoms with Gasteiger partial charge in [0.1, 0.15) is 5.75 Å². The van der Waals surface area contributed by atoms with Gasteiger partial charge in [-0.25, -0.2) is 10.2 Å². The predicted molar refractivity (Wildman–Crippen MR) is 74.4 cm³/mol. The molecule has 0 heterocycles. The molecule has 6 heteroatoms. The molecule has 0 aromatic heterocycles. The summed E-state index contributed by atoms with van der Waals surface area (Å²) in [5.74, 6) is 0.577. The smallest absolute Gasteiger partial charge is 0.426 e. The summed E-state index contributed by atoms with van der Waals surface area (Å²) in [6.07, 6.45) is -0.701. The summed E-state index contributed by atoms with van der Waals surface area (Å²) in [4.78, 5) is 22.9. The molecular formula is C14H20N2O4. The van der Waals surface area contributed by atoms with Crippen LogP contribution in [0.1, 0.15) is 31.1 Å². The van der Waals surface area contributed by atoms with Crippen LogP contribution in [-0.4, -0.2) is 25.2 Å². The first-order valence-electron chi connectivity index (χ1n) is 6.49. The normalized spacial score (nSPS) is 10.0. The van der Waals surface area contributed by atoms with Crippen LogP contribution >= 0.6 is 0 Å². The average molecular weight is 280 g/mol. The van der Waals surface area contributed by atoms with E-state index in [1.54, 1.807) is 31.2 Å². The van der Waals surface area contributed by atoms with Gasteiger partial charge in [0, 0.05) is 5.56 Å². The van der Waals surface area contributed by atoms with Gasteiger partial charge in [-0.1, -0.05) is 19.9 Å². The first-order chi connectivity index (χ1) is 9.52. The average Bonchev–Trinajstić information content (AvgIpc) is 2.43. The Bertz CT molecular complexity index is 460. The Balaban J connectivity index is 2.55. The Morgan fingerprint density at radius 3 is 2.65 bits per heavy atom. The van der Waals surface area contributed by atoms with Crippen molar-refractivity contribution >= 4 is 12.0 Å². The Morgan fingerprint density at radius 1 is 1.25 bits per heavy atom. The van der Waals surface area contributed by atoms with E-state index in [1.807, 2.05) is 13.8 Å². The second-order valence-corrected chi connectivity index (χ2v) is 4.53. The van der Waals surface area contributed by atoms with Gasteiger partial charge in [-0.2, -0.15) is 0 Å². The second-order valence-electron chi connectivity index (χ2n) is 4.53. The Hall–Kier alpha value is -2.24. The van der Waals surface area contributed by atoms with Gasteiger partial charge < -0.3 is 9.47 Å². The monoisotopic (exact) mass is 280 g/mol. The molecule has 110 valence electrons. The van der Waals surface area contributed by atoms with Gasteiger partial charge in [0.25, 0.3) is 5.91 Å². The molecule has 0 bridgehead atoms. The molecule has 20 heavy (non-hydrogen) atoms. The van der Waals surface area contributed by atoms with Crippen molar-refractivity contribution in [2.45, 2.75) is 20.8 Å². The molecular weight excluding hydrogens is 260 g/mol. The van der Waals surface area contributed by atoms with Crippen molar-refractivity contribution in [3.63, 3.8) is 0 Å². The van der Waals surface area contributed by atoms with Crippen molar-refractivity contribution in [3.8, 4) is 5.75 Å². The first kappa shape index (κ1) is 15.8. The lowest BCUT2D eigenvalue weighted by Crippen LogP contribution is -2.41. The lowest BCUT2D eigenvalue weighted by atomic mass is 10.2. The molecule has 0 spiro atoms. The molecule has 0 saturated carbocycles. The van der Waals surface area contributed by atoms with Gasteiger partial charge >= 0.3 is 6.09 Å². The van der Waals surface area contributed by atoms with Crippen molar-refractivity contribution in [2.75, 3.05) is 13.2 Å². The van der Waals surface area contributed by atoms with Crippen molar-refractivity contribution in [1.29, 1.82) is 0 Å². The van der Waals surface area contributed by atoms with Gasteiger partial charge in [0.05, 0.1) is 13.2 Å². The van der Waals surface area contributed by atoms with Gasteiger partial charge in [-0.3, -0.25) is 10.2 Å². The molecule has 0 saturated heterocycles. The van der Waals surface area contributed by atoms with Crippen LogP contribution in [0.15, 0.2) is 24.3 Å². The van der Waals surface area contributed by atoms with E-state index in [4.69, 9.17) is 4.74 Å². The fraction of sp³-hybridized carbons (Fsp3) is 0.429. The molecule has 0 radical (unpaired) electrons. The maximum Gasteiger partial charge on any atom is 0.426 e. The SMILES string of the molecule is CCOC(=O)NNC(=O)c1cccc(OCC(C)C)c1. The maximum atomic E-state index is 11.8. The van der Waals surface area contributed by atoms with Crippen LogP contribution in [0.2, 0.25) is 0 Å². The zero-order valence-corrected chi connectivity index (χ0v) is 11.9. The van der Waals surface area contributed by atoms with Gasteiger partial charge in [-0.15, -0.1) is 0 Å². The van der Waals surface area contributed by atoms with Crippen LogP contribution in [0.4, 0.5) is 4.79 Å². The van der Waals surface area contributed by atoms with E-state index in [0.717, 1.165) is 0 Å². The molecule has 1 aromatic rings. The third-order valence-corrected chi connectivity index (χ3v) is 2.23. The number of rotatable bonds is 5. The van der Waals surface area contributed by atoms with Crippen molar-refractivity contribution in [3.05, 3.63) is 29.8 Å². The molecule has 6 nitrogen and oxygen atoms in total.